The fourth-order valence-electron chi connectivity index (χ4n) is 8.48. The van der Waals surface area contributed by atoms with E-state index in [0.29, 0.717) is 57.4 Å². The third kappa shape index (κ3) is 6.66. The summed E-state index contributed by atoms with van der Waals surface area (Å²) in [6.45, 7) is 4.64. The van der Waals surface area contributed by atoms with Gasteiger partial charge in [0.15, 0.2) is 23.8 Å². The lowest BCUT2D eigenvalue weighted by atomic mass is 9.61. The molecule has 4 heterocycles. The standard InChI is InChI=1S/C35H52N9O5S/c1-21(2)16-24(20-46)41-43-28(12-15-50-3)30(47)31(43)35(32(48)26(36)17-22-18-40-27-10-5-4-9-25(22)27)33(49)29-11-7-14-44(29,35)42-23(19-45)8-6-13-39-34(37)38/h4-5,9-10,18-21,23-24,26,28-29,31,40-42H,6-8,11-17,36H2,1-3H3,(H4,37,38,39)/q+1/t23-,24-,26+,28+,29+,31?,35?,44?/m1/s1. The van der Waals surface area contributed by atoms with E-state index in [1.165, 1.54) is 0 Å². The van der Waals surface area contributed by atoms with E-state index in [2.05, 4.69) is 20.8 Å². The van der Waals surface area contributed by atoms with Crippen LogP contribution < -0.4 is 28.1 Å². The van der Waals surface area contributed by atoms with Crippen molar-refractivity contribution in [3.63, 3.8) is 0 Å². The predicted molar refractivity (Wildman–Crippen MR) is 194 cm³/mol. The van der Waals surface area contributed by atoms with Gasteiger partial charge in [-0.25, -0.2) is 15.0 Å². The summed E-state index contributed by atoms with van der Waals surface area (Å²) in [4.78, 5) is 76.6. The van der Waals surface area contributed by atoms with Gasteiger partial charge in [0, 0.05) is 36.5 Å². The van der Waals surface area contributed by atoms with Crippen molar-refractivity contribution in [3.05, 3.63) is 36.0 Å². The van der Waals surface area contributed by atoms with Crippen molar-refractivity contribution in [2.45, 2.75) is 101 Å². The van der Waals surface area contributed by atoms with Crippen molar-refractivity contribution in [2.24, 2.45) is 28.1 Å². The molecule has 5 rings (SSSR count). The number of fused-ring (bicyclic) bond motifs is 2. The van der Waals surface area contributed by atoms with Gasteiger partial charge in [0.25, 0.3) is 11.3 Å². The highest BCUT2D eigenvalue weighted by Gasteiger charge is 2.86. The van der Waals surface area contributed by atoms with E-state index in [4.69, 9.17) is 17.2 Å². The van der Waals surface area contributed by atoms with E-state index in [-0.39, 0.29) is 34.5 Å². The van der Waals surface area contributed by atoms with Crippen LogP contribution in [0.1, 0.15) is 57.9 Å². The zero-order valence-electron chi connectivity index (χ0n) is 29.2. The van der Waals surface area contributed by atoms with Crippen molar-refractivity contribution in [1.82, 2.24) is 20.8 Å². The number of benzene rings is 1. The number of aromatic nitrogens is 1. The van der Waals surface area contributed by atoms with Gasteiger partial charge in [-0.1, -0.05) is 32.0 Å². The minimum Gasteiger partial charge on any atom is -0.370 e. The summed E-state index contributed by atoms with van der Waals surface area (Å²) in [5.41, 5.74) is 24.3. The molecule has 9 N–H and O–H groups in total. The molecule has 2 aromatic rings. The molecule has 8 atom stereocenters. The fraction of sp³-hybridized carbons (Fsp3) is 0.600. The van der Waals surface area contributed by atoms with E-state index >= 15 is 4.79 Å². The van der Waals surface area contributed by atoms with Crippen molar-refractivity contribution < 1.29 is 28.6 Å². The van der Waals surface area contributed by atoms with Gasteiger partial charge >= 0.3 is 0 Å². The molecular formula is C35H52N9O5S+. The van der Waals surface area contributed by atoms with Gasteiger partial charge in [-0.3, -0.25) is 19.4 Å². The van der Waals surface area contributed by atoms with Crippen molar-refractivity contribution >= 4 is 58.5 Å². The number of rotatable bonds is 20. The van der Waals surface area contributed by atoms with Crippen molar-refractivity contribution in [3.8, 4) is 0 Å². The predicted octanol–water partition coefficient (Wildman–Crippen LogP) is 0.526. The van der Waals surface area contributed by atoms with Gasteiger partial charge in [0.1, 0.15) is 18.6 Å². The molecule has 0 amide bonds. The van der Waals surface area contributed by atoms with Crippen LogP contribution in [-0.2, 0) is 30.4 Å². The van der Waals surface area contributed by atoms with Crippen LogP contribution in [0.4, 0.5) is 0 Å². The topological polar surface area (TPSA) is 219 Å². The Kier molecular flexibility index (Phi) is 12.0. The Morgan fingerprint density at radius 3 is 2.62 bits per heavy atom. The normalized spacial score (nSPS) is 28.1. The molecule has 3 aliphatic rings. The number of guanidine groups is 1. The molecule has 1 aromatic heterocycles. The fourth-order valence-corrected chi connectivity index (χ4v) is 8.94. The maximum atomic E-state index is 15.2. The summed E-state index contributed by atoms with van der Waals surface area (Å²) < 4.78 is -0.238. The first kappa shape index (κ1) is 37.8. The van der Waals surface area contributed by atoms with E-state index in [9.17, 15) is 19.2 Å². The number of aldehydes is 2. The van der Waals surface area contributed by atoms with E-state index < -0.39 is 47.6 Å². The van der Waals surface area contributed by atoms with Crippen molar-refractivity contribution in [1.29, 1.82) is 0 Å². The lowest BCUT2D eigenvalue weighted by Gasteiger charge is -2.66. The summed E-state index contributed by atoms with van der Waals surface area (Å²) in [7, 11) is 0. The maximum Gasteiger partial charge on any atom is 0.266 e. The van der Waals surface area contributed by atoms with E-state index in [1.807, 2.05) is 50.6 Å². The molecule has 3 saturated heterocycles. The first-order valence-electron chi connectivity index (χ1n) is 17.5. The number of para-hydroxylation sites is 1. The number of Topliss-reactive ketones (excluding diaryl/α,β-unsaturated/α-hetero) is 3. The lowest BCUT2D eigenvalue weighted by Crippen LogP contribution is -2.99. The molecule has 0 radical (unpaired) electrons. The molecule has 3 fully saturated rings. The first-order chi connectivity index (χ1) is 24.0. The molecule has 3 aliphatic heterocycles. The largest absolute Gasteiger partial charge is 0.370 e. The smallest absolute Gasteiger partial charge is 0.266 e. The molecule has 0 spiro atoms. The second-order valence-electron chi connectivity index (χ2n) is 14.2. The Hall–Kier alpha value is -3.47. The number of nitrogens with zero attached hydrogens (tertiary/aromatic N) is 3. The third-order valence-electron chi connectivity index (χ3n) is 10.6. The minimum atomic E-state index is -1.95. The number of aliphatic imine (C=N–C) groups is 1. The van der Waals surface area contributed by atoms with Gasteiger partial charge in [-0.15, -0.1) is 0 Å². The number of aromatic amines is 1. The van der Waals surface area contributed by atoms with Gasteiger partial charge in [0.05, 0.1) is 24.7 Å². The molecule has 14 nitrogen and oxygen atoms in total. The first-order valence-corrected chi connectivity index (χ1v) is 18.9. The van der Waals surface area contributed by atoms with Crippen LogP contribution in [0.3, 0.4) is 0 Å². The molecule has 0 aliphatic carbocycles. The number of H-pyrrole nitrogens is 1. The zero-order chi connectivity index (χ0) is 36.2. The van der Waals surface area contributed by atoms with E-state index in [0.717, 1.165) is 29.0 Å². The van der Waals surface area contributed by atoms with Crippen LogP contribution in [0.2, 0.25) is 0 Å². The second kappa shape index (κ2) is 15.8. The van der Waals surface area contributed by atoms with Gasteiger partial charge in [0.2, 0.25) is 5.78 Å². The Balaban J connectivity index is 1.59. The zero-order valence-corrected chi connectivity index (χ0v) is 30.0. The van der Waals surface area contributed by atoms with E-state index in [1.54, 1.807) is 16.8 Å². The molecule has 0 saturated carbocycles. The number of quaternary nitrogens is 1. The average Bonchev–Trinajstić information content (AvgIpc) is 3.69. The summed E-state index contributed by atoms with van der Waals surface area (Å²) in [6.07, 6.45) is 8.34. The molecule has 15 heteroatoms. The Labute approximate surface area is 297 Å². The lowest BCUT2D eigenvalue weighted by molar-refractivity contribution is -1.03. The second-order valence-corrected chi connectivity index (χ2v) is 15.2. The number of carbonyl (C=O) groups is 5. The van der Waals surface area contributed by atoms with Crippen LogP contribution >= 0.6 is 11.8 Å². The van der Waals surface area contributed by atoms with Crippen LogP contribution in [-0.4, -0.2) is 117 Å². The Morgan fingerprint density at radius 1 is 1.20 bits per heavy atom. The van der Waals surface area contributed by atoms with Crippen molar-refractivity contribution in [2.75, 3.05) is 25.1 Å². The highest BCUT2D eigenvalue weighted by atomic mass is 32.2. The Morgan fingerprint density at radius 2 is 1.94 bits per heavy atom. The molecule has 0 bridgehead atoms. The summed E-state index contributed by atoms with van der Waals surface area (Å²) in [6, 6.07) is 2.62. The number of nitrogens with one attached hydrogen (secondary N) is 3. The average molecular weight is 711 g/mol. The SMILES string of the molecule is CSCC[C@H]1C(=O)C(C2(C(=O)[C@@H](N)Cc3c[nH]c4ccccc34)C(=O)[C@@H]3CCC[N+]32N[C@@H](C=O)CCCN=C(N)N)N1N[C@@H](C=O)CC(C)C. The number of hydrogen-bond acceptors (Lipinski definition) is 11. The van der Waals surface area contributed by atoms with Gasteiger partial charge in [-0.2, -0.15) is 17.2 Å². The highest BCUT2D eigenvalue weighted by Crippen LogP contribution is 2.54. The quantitative estimate of drug-likeness (QED) is 0.0277. The van der Waals surface area contributed by atoms with Gasteiger partial charge in [-0.05, 0) is 61.7 Å². The number of ketones is 3. The number of carbonyl (C=O) groups excluding carboxylic acids is 5. The summed E-state index contributed by atoms with van der Waals surface area (Å²) in [5.74, 6) is -0.380. The number of hydrogen-bond donors (Lipinski definition) is 6. The molecule has 272 valence electrons. The maximum absolute atomic E-state index is 15.2. The Bertz CT molecular complexity index is 1610. The van der Waals surface area contributed by atoms with Crippen LogP contribution in [0.15, 0.2) is 35.5 Å². The molecule has 1 aromatic carbocycles. The van der Waals surface area contributed by atoms with Gasteiger partial charge < -0.3 is 31.8 Å². The molecule has 3 unspecified atom stereocenters. The number of hydrazine groups is 1. The highest BCUT2D eigenvalue weighted by molar-refractivity contribution is 7.98. The third-order valence-corrected chi connectivity index (χ3v) is 11.2. The monoisotopic (exact) mass is 710 g/mol. The van der Waals surface area contributed by atoms with Crippen LogP contribution in [0.25, 0.3) is 10.9 Å². The van der Waals surface area contributed by atoms with Crippen LogP contribution in [0, 0.1) is 5.92 Å². The minimum absolute atomic E-state index is 0.0533. The summed E-state index contributed by atoms with van der Waals surface area (Å²) >= 11 is 1.59. The summed E-state index contributed by atoms with van der Waals surface area (Å²) in [5, 5.41) is 2.61. The molecular weight excluding hydrogens is 659 g/mol. The number of thioether (sulfide) groups is 1. The van der Waals surface area contributed by atoms with Crippen LogP contribution in [0.5, 0.6) is 0 Å². The number of nitrogens with two attached hydrogens (primary N) is 3. The molecule has 50 heavy (non-hydrogen) atoms.